The van der Waals surface area contributed by atoms with Gasteiger partial charge < -0.3 is 0 Å². The van der Waals surface area contributed by atoms with Crippen molar-refractivity contribution in [1.82, 2.24) is 15.0 Å². The summed E-state index contributed by atoms with van der Waals surface area (Å²) in [6.45, 7) is 4.27. The van der Waals surface area contributed by atoms with Crippen molar-refractivity contribution in [1.29, 1.82) is 0 Å². The lowest BCUT2D eigenvalue weighted by Crippen LogP contribution is -1.88. The van der Waals surface area contributed by atoms with E-state index in [4.69, 9.17) is 4.98 Å². The fraction of sp³-hybridized carbons (Fsp3) is 0.316. The van der Waals surface area contributed by atoms with Gasteiger partial charge in [0.15, 0.2) is 5.16 Å². The summed E-state index contributed by atoms with van der Waals surface area (Å²) in [5.74, 6) is 0. The molecule has 3 nitrogen and oxygen atoms in total. The molecule has 0 aliphatic carbocycles. The zero-order valence-corrected chi connectivity index (χ0v) is 15.9. The van der Waals surface area contributed by atoms with Gasteiger partial charge in [-0.2, -0.15) is 0 Å². The number of nitrogens with zero attached hydrogens (tertiary/aromatic N) is 3. The molecule has 2 heterocycles. The Morgan fingerprint density at radius 2 is 1.88 bits per heavy atom. The SMILES string of the molecule is CCCCc1ccc(-c2nc(C)c(-c3ccnc(SC)n3)s2)cc1. The van der Waals surface area contributed by atoms with E-state index in [1.807, 2.05) is 25.4 Å². The fourth-order valence-electron chi connectivity index (χ4n) is 2.52. The molecule has 0 bridgehead atoms. The maximum absolute atomic E-state index is 4.76. The Bertz CT molecular complexity index is 810. The predicted molar refractivity (Wildman–Crippen MR) is 104 cm³/mol. The number of hydrogen-bond acceptors (Lipinski definition) is 5. The lowest BCUT2D eigenvalue weighted by Gasteiger charge is -2.01. The van der Waals surface area contributed by atoms with Crippen molar-refractivity contribution in [2.45, 2.75) is 38.3 Å². The molecule has 0 atom stereocenters. The van der Waals surface area contributed by atoms with Crippen LogP contribution in [0.4, 0.5) is 0 Å². The molecule has 0 fully saturated rings. The highest BCUT2D eigenvalue weighted by Gasteiger charge is 2.13. The van der Waals surface area contributed by atoms with Gasteiger partial charge in [-0.1, -0.05) is 49.4 Å². The highest BCUT2D eigenvalue weighted by molar-refractivity contribution is 7.98. The third-order valence-corrected chi connectivity index (χ3v) is 5.66. The Kier molecular flexibility index (Phi) is 5.63. The van der Waals surface area contributed by atoms with Gasteiger partial charge in [0, 0.05) is 11.8 Å². The lowest BCUT2D eigenvalue weighted by molar-refractivity contribution is 0.795. The molecule has 3 rings (SSSR count). The minimum atomic E-state index is 0.794. The highest BCUT2D eigenvalue weighted by atomic mass is 32.2. The summed E-state index contributed by atoms with van der Waals surface area (Å²) in [5.41, 5.74) is 4.55. The monoisotopic (exact) mass is 355 g/mol. The Morgan fingerprint density at radius 3 is 2.58 bits per heavy atom. The van der Waals surface area contributed by atoms with Gasteiger partial charge in [-0.05, 0) is 37.7 Å². The Morgan fingerprint density at radius 1 is 1.08 bits per heavy atom. The molecule has 0 aliphatic rings. The molecule has 0 spiro atoms. The number of thioether (sulfide) groups is 1. The van der Waals surface area contributed by atoms with Gasteiger partial charge in [-0.25, -0.2) is 15.0 Å². The maximum Gasteiger partial charge on any atom is 0.187 e. The Hall–Kier alpha value is -1.72. The first-order chi connectivity index (χ1) is 11.7. The average molecular weight is 356 g/mol. The number of hydrogen-bond donors (Lipinski definition) is 0. The van der Waals surface area contributed by atoms with Gasteiger partial charge in [0.2, 0.25) is 0 Å². The van der Waals surface area contributed by atoms with E-state index in [1.165, 1.54) is 24.0 Å². The second-order valence-corrected chi connectivity index (χ2v) is 7.44. The molecule has 1 aromatic carbocycles. The second-order valence-electron chi connectivity index (χ2n) is 5.66. The van der Waals surface area contributed by atoms with Crippen molar-refractivity contribution in [3.05, 3.63) is 47.8 Å². The molecule has 0 radical (unpaired) electrons. The van der Waals surface area contributed by atoms with Crippen LogP contribution in [-0.2, 0) is 6.42 Å². The van der Waals surface area contributed by atoms with Crippen molar-refractivity contribution in [2.75, 3.05) is 6.26 Å². The van der Waals surface area contributed by atoms with E-state index in [9.17, 15) is 0 Å². The average Bonchev–Trinajstić information content (AvgIpc) is 3.02. The zero-order chi connectivity index (χ0) is 16.9. The van der Waals surface area contributed by atoms with Crippen LogP contribution in [0.3, 0.4) is 0 Å². The number of thiazole rings is 1. The van der Waals surface area contributed by atoms with Crippen LogP contribution in [0.1, 0.15) is 31.0 Å². The number of rotatable bonds is 6. The lowest BCUT2D eigenvalue weighted by atomic mass is 10.1. The molecule has 3 aromatic rings. The summed E-state index contributed by atoms with van der Waals surface area (Å²) in [7, 11) is 0. The summed E-state index contributed by atoms with van der Waals surface area (Å²) in [6, 6.07) is 10.8. The molecule has 0 saturated heterocycles. The Balaban J connectivity index is 1.88. The molecule has 0 unspecified atom stereocenters. The fourth-order valence-corrected chi connectivity index (χ4v) is 3.92. The molecule has 0 amide bonds. The van der Waals surface area contributed by atoms with E-state index >= 15 is 0 Å². The minimum Gasteiger partial charge on any atom is -0.241 e. The first-order valence-electron chi connectivity index (χ1n) is 8.15. The quantitative estimate of drug-likeness (QED) is 0.424. The van der Waals surface area contributed by atoms with Gasteiger partial charge >= 0.3 is 0 Å². The summed E-state index contributed by atoms with van der Waals surface area (Å²) in [6.07, 6.45) is 7.43. The van der Waals surface area contributed by atoms with Gasteiger partial charge in [0.05, 0.1) is 16.3 Å². The van der Waals surface area contributed by atoms with Crippen LogP contribution in [-0.4, -0.2) is 21.2 Å². The summed E-state index contributed by atoms with van der Waals surface area (Å²) < 4.78 is 0. The van der Waals surface area contributed by atoms with Crippen LogP contribution in [0.2, 0.25) is 0 Å². The van der Waals surface area contributed by atoms with E-state index in [0.29, 0.717) is 0 Å². The number of aromatic nitrogens is 3. The smallest absolute Gasteiger partial charge is 0.187 e. The van der Waals surface area contributed by atoms with Crippen molar-refractivity contribution in [2.24, 2.45) is 0 Å². The van der Waals surface area contributed by atoms with E-state index in [-0.39, 0.29) is 0 Å². The van der Waals surface area contributed by atoms with Crippen LogP contribution in [0.25, 0.3) is 21.1 Å². The van der Waals surface area contributed by atoms with E-state index < -0.39 is 0 Å². The van der Waals surface area contributed by atoms with Gasteiger partial charge in [0.1, 0.15) is 5.01 Å². The Labute approximate surface area is 151 Å². The van der Waals surface area contributed by atoms with Crippen LogP contribution >= 0.6 is 23.1 Å². The summed E-state index contributed by atoms with van der Waals surface area (Å²) in [4.78, 5) is 14.7. The van der Waals surface area contributed by atoms with Crippen molar-refractivity contribution in [3.63, 3.8) is 0 Å². The summed E-state index contributed by atoms with van der Waals surface area (Å²) in [5, 5.41) is 1.84. The maximum atomic E-state index is 4.76. The molecule has 0 aliphatic heterocycles. The number of aryl methyl sites for hydroxylation is 2. The first-order valence-corrected chi connectivity index (χ1v) is 10.2. The minimum absolute atomic E-state index is 0.794. The van der Waals surface area contributed by atoms with Crippen LogP contribution in [0, 0.1) is 6.92 Å². The van der Waals surface area contributed by atoms with Crippen LogP contribution in [0.15, 0.2) is 41.7 Å². The van der Waals surface area contributed by atoms with E-state index in [2.05, 4.69) is 41.2 Å². The summed E-state index contributed by atoms with van der Waals surface area (Å²) >= 11 is 3.25. The molecule has 124 valence electrons. The van der Waals surface area contributed by atoms with Crippen molar-refractivity contribution >= 4 is 23.1 Å². The molecule has 2 aromatic heterocycles. The molecule has 0 saturated carbocycles. The third-order valence-electron chi connectivity index (χ3n) is 3.87. The van der Waals surface area contributed by atoms with Gasteiger partial charge in [-0.3, -0.25) is 0 Å². The number of benzene rings is 1. The normalized spacial score (nSPS) is 11.0. The molecular weight excluding hydrogens is 334 g/mol. The second kappa shape index (κ2) is 7.90. The van der Waals surface area contributed by atoms with Crippen LogP contribution in [0.5, 0.6) is 0 Å². The van der Waals surface area contributed by atoms with Crippen molar-refractivity contribution in [3.8, 4) is 21.1 Å². The van der Waals surface area contributed by atoms with Gasteiger partial charge in [-0.15, -0.1) is 11.3 Å². The first kappa shape index (κ1) is 17.1. The number of unbranched alkanes of at least 4 members (excludes halogenated alkanes) is 1. The largest absolute Gasteiger partial charge is 0.241 e. The molecule has 5 heteroatoms. The molecule has 24 heavy (non-hydrogen) atoms. The standard InChI is InChI=1S/C19H21N3S2/c1-4-5-6-14-7-9-15(10-8-14)18-21-13(2)17(24-18)16-11-12-20-19(22-16)23-3/h7-12H,4-6H2,1-3H3. The van der Waals surface area contributed by atoms with Gasteiger partial charge in [0.25, 0.3) is 0 Å². The van der Waals surface area contributed by atoms with Crippen molar-refractivity contribution < 1.29 is 0 Å². The van der Waals surface area contributed by atoms with Crippen LogP contribution < -0.4 is 0 Å². The van der Waals surface area contributed by atoms with E-state index in [1.54, 1.807) is 23.1 Å². The molecule has 0 N–H and O–H groups in total. The van der Waals surface area contributed by atoms with E-state index in [0.717, 1.165) is 32.8 Å². The highest BCUT2D eigenvalue weighted by Crippen LogP contribution is 2.34. The molecular formula is C19H21N3S2. The zero-order valence-electron chi connectivity index (χ0n) is 14.2. The topological polar surface area (TPSA) is 38.7 Å². The third kappa shape index (κ3) is 3.84. The predicted octanol–water partition coefficient (Wildman–Crippen LogP) is 5.64.